The summed E-state index contributed by atoms with van der Waals surface area (Å²) in [6.45, 7) is 1.59. The fraction of sp³-hybridized carbons (Fsp3) is 0.267. The highest BCUT2D eigenvalue weighted by Gasteiger charge is 2.31. The van der Waals surface area contributed by atoms with E-state index in [1.807, 2.05) is 24.3 Å². The van der Waals surface area contributed by atoms with Crippen LogP contribution >= 0.6 is 0 Å². The van der Waals surface area contributed by atoms with Crippen LogP contribution in [0.1, 0.15) is 5.56 Å². The SMILES string of the molecule is N#Cc1cnc2ccccc2c1N1CCNCC1C(=O)O. The first-order valence-corrected chi connectivity index (χ1v) is 6.70. The molecule has 3 rings (SSSR count). The number of benzene rings is 1. The first kappa shape index (κ1) is 13.3. The van der Waals surface area contributed by atoms with Gasteiger partial charge in [-0.3, -0.25) is 4.98 Å². The molecule has 0 aliphatic carbocycles. The molecule has 1 unspecified atom stereocenters. The summed E-state index contributed by atoms with van der Waals surface area (Å²) < 4.78 is 0. The van der Waals surface area contributed by atoms with Gasteiger partial charge in [0.25, 0.3) is 0 Å². The Labute approximate surface area is 121 Å². The average molecular weight is 282 g/mol. The number of aliphatic carboxylic acids is 1. The van der Waals surface area contributed by atoms with Gasteiger partial charge in [-0.1, -0.05) is 18.2 Å². The molecule has 0 amide bonds. The Bertz CT molecular complexity index is 738. The fourth-order valence-electron chi connectivity index (χ4n) is 2.71. The van der Waals surface area contributed by atoms with Crippen molar-refractivity contribution < 1.29 is 9.90 Å². The standard InChI is InChI=1S/C15H14N4O2/c16-7-10-8-18-12-4-2-1-3-11(12)14(10)19-6-5-17-9-13(19)15(20)21/h1-4,8,13,17H,5-6,9H2,(H,20,21). The Morgan fingerprint density at radius 3 is 3.05 bits per heavy atom. The lowest BCUT2D eigenvalue weighted by molar-refractivity contribution is -0.138. The Kier molecular flexibility index (Phi) is 3.42. The van der Waals surface area contributed by atoms with Crippen molar-refractivity contribution in [3.8, 4) is 6.07 Å². The van der Waals surface area contributed by atoms with E-state index in [2.05, 4.69) is 16.4 Å². The summed E-state index contributed by atoms with van der Waals surface area (Å²) in [5.74, 6) is -0.896. The summed E-state index contributed by atoms with van der Waals surface area (Å²) in [5.41, 5.74) is 1.83. The van der Waals surface area contributed by atoms with Gasteiger partial charge in [0, 0.05) is 31.2 Å². The number of anilines is 1. The van der Waals surface area contributed by atoms with E-state index in [9.17, 15) is 15.2 Å². The van der Waals surface area contributed by atoms with Crippen LogP contribution in [0.3, 0.4) is 0 Å². The molecule has 1 aromatic carbocycles. The van der Waals surface area contributed by atoms with Crippen molar-refractivity contribution in [2.75, 3.05) is 24.5 Å². The maximum Gasteiger partial charge on any atom is 0.327 e. The van der Waals surface area contributed by atoms with Crippen LogP contribution in [0.2, 0.25) is 0 Å². The number of para-hydroxylation sites is 1. The van der Waals surface area contributed by atoms with Gasteiger partial charge >= 0.3 is 5.97 Å². The van der Waals surface area contributed by atoms with Crippen molar-refractivity contribution in [2.45, 2.75) is 6.04 Å². The number of nitriles is 1. The average Bonchev–Trinajstić information content (AvgIpc) is 2.53. The molecule has 6 nitrogen and oxygen atoms in total. The molecule has 21 heavy (non-hydrogen) atoms. The number of carboxylic acids is 1. The quantitative estimate of drug-likeness (QED) is 0.853. The molecule has 106 valence electrons. The molecule has 1 aliphatic rings. The maximum absolute atomic E-state index is 11.5. The highest BCUT2D eigenvalue weighted by molar-refractivity contribution is 5.96. The van der Waals surface area contributed by atoms with Crippen LogP contribution in [0.5, 0.6) is 0 Å². The van der Waals surface area contributed by atoms with Gasteiger partial charge in [-0.15, -0.1) is 0 Å². The molecule has 1 atom stereocenters. The molecule has 2 aromatic rings. The van der Waals surface area contributed by atoms with Crippen molar-refractivity contribution in [2.24, 2.45) is 0 Å². The van der Waals surface area contributed by atoms with Gasteiger partial charge in [-0.2, -0.15) is 5.26 Å². The molecule has 0 spiro atoms. The second kappa shape index (κ2) is 5.38. The van der Waals surface area contributed by atoms with Crippen LogP contribution in [0.15, 0.2) is 30.5 Å². The largest absolute Gasteiger partial charge is 0.480 e. The van der Waals surface area contributed by atoms with E-state index in [0.29, 0.717) is 30.9 Å². The minimum Gasteiger partial charge on any atom is -0.480 e. The third kappa shape index (κ3) is 2.28. The molecule has 0 saturated carbocycles. The molecule has 1 fully saturated rings. The van der Waals surface area contributed by atoms with Crippen molar-refractivity contribution >= 4 is 22.6 Å². The van der Waals surface area contributed by atoms with E-state index in [1.54, 1.807) is 4.90 Å². The van der Waals surface area contributed by atoms with E-state index < -0.39 is 12.0 Å². The van der Waals surface area contributed by atoms with Gasteiger partial charge in [0.1, 0.15) is 12.1 Å². The number of piperazine rings is 1. The second-order valence-corrected chi connectivity index (χ2v) is 4.90. The smallest absolute Gasteiger partial charge is 0.327 e. The first-order chi connectivity index (χ1) is 10.2. The highest BCUT2D eigenvalue weighted by Crippen LogP contribution is 2.31. The lowest BCUT2D eigenvalue weighted by atomic mass is 10.1. The van der Waals surface area contributed by atoms with E-state index in [0.717, 1.165) is 10.9 Å². The van der Waals surface area contributed by atoms with Gasteiger partial charge in [0.2, 0.25) is 0 Å². The van der Waals surface area contributed by atoms with Gasteiger partial charge in [-0.25, -0.2) is 4.79 Å². The summed E-state index contributed by atoms with van der Waals surface area (Å²) in [7, 11) is 0. The Morgan fingerprint density at radius 1 is 1.48 bits per heavy atom. The lowest BCUT2D eigenvalue weighted by Crippen LogP contribution is -2.55. The maximum atomic E-state index is 11.5. The number of hydrogen-bond donors (Lipinski definition) is 2. The van der Waals surface area contributed by atoms with Gasteiger partial charge in [0.15, 0.2) is 0 Å². The minimum absolute atomic E-state index is 0.358. The minimum atomic E-state index is -0.896. The molecule has 2 N–H and O–H groups in total. The van der Waals surface area contributed by atoms with Crippen molar-refractivity contribution in [3.05, 3.63) is 36.0 Å². The summed E-state index contributed by atoms with van der Waals surface area (Å²) in [6.07, 6.45) is 1.51. The van der Waals surface area contributed by atoms with Crippen molar-refractivity contribution in [3.63, 3.8) is 0 Å². The topological polar surface area (TPSA) is 89.3 Å². The molecule has 1 aromatic heterocycles. The zero-order valence-electron chi connectivity index (χ0n) is 11.3. The summed E-state index contributed by atoms with van der Waals surface area (Å²) in [5, 5.41) is 22.7. The molecule has 0 bridgehead atoms. The number of fused-ring (bicyclic) bond motifs is 1. The van der Waals surface area contributed by atoms with Crippen LogP contribution in [0.4, 0.5) is 5.69 Å². The third-order valence-corrected chi connectivity index (χ3v) is 3.68. The monoisotopic (exact) mass is 282 g/mol. The first-order valence-electron chi connectivity index (χ1n) is 6.70. The predicted molar refractivity (Wildman–Crippen MR) is 78.1 cm³/mol. The molecule has 1 saturated heterocycles. The number of carbonyl (C=O) groups is 1. The number of rotatable bonds is 2. The number of aromatic nitrogens is 1. The van der Waals surface area contributed by atoms with Crippen molar-refractivity contribution in [1.82, 2.24) is 10.3 Å². The number of pyridine rings is 1. The number of hydrogen-bond acceptors (Lipinski definition) is 5. The second-order valence-electron chi connectivity index (χ2n) is 4.90. The van der Waals surface area contributed by atoms with E-state index in [4.69, 9.17) is 0 Å². The number of carboxylic acid groups (broad SMARTS) is 1. The molecule has 2 heterocycles. The summed E-state index contributed by atoms with van der Waals surface area (Å²) in [4.78, 5) is 17.6. The molecular weight excluding hydrogens is 268 g/mol. The van der Waals surface area contributed by atoms with Crippen LogP contribution in [0, 0.1) is 11.3 Å². The zero-order valence-corrected chi connectivity index (χ0v) is 11.3. The predicted octanol–water partition coefficient (Wildman–Crippen LogP) is 0.969. The normalized spacial score (nSPS) is 18.4. The zero-order chi connectivity index (χ0) is 14.8. The van der Waals surface area contributed by atoms with Gasteiger partial charge in [-0.05, 0) is 6.07 Å². The van der Waals surface area contributed by atoms with Crippen LogP contribution < -0.4 is 10.2 Å². The molecule has 0 radical (unpaired) electrons. The Morgan fingerprint density at radius 2 is 2.29 bits per heavy atom. The molecule has 1 aliphatic heterocycles. The van der Waals surface area contributed by atoms with Crippen LogP contribution in [-0.2, 0) is 4.79 Å². The van der Waals surface area contributed by atoms with Crippen molar-refractivity contribution in [1.29, 1.82) is 5.26 Å². The third-order valence-electron chi connectivity index (χ3n) is 3.68. The fourth-order valence-corrected chi connectivity index (χ4v) is 2.71. The van der Waals surface area contributed by atoms with Crippen LogP contribution in [-0.4, -0.2) is 41.7 Å². The number of nitrogens with zero attached hydrogens (tertiary/aromatic N) is 3. The van der Waals surface area contributed by atoms with Gasteiger partial charge in [0.05, 0.1) is 16.8 Å². The summed E-state index contributed by atoms with van der Waals surface area (Å²) in [6, 6.07) is 8.92. The van der Waals surface area contributed by atoms with E-state index in [-0.39, 0.29) is 0 Å². The molecule has 6 heteroatoms. The van der Waals surface area contributed by atoms with Crippen LogP contribution in [0.25, 0.3) is 10.9 Å². The molecular formula is C15H14N4O2. The van der Waals surface area contributed by atoms with E-state index in [1.165, 1.54) is 6.20 Å². The Hall–Kier alpha value is -2.65. The summed E-state index contributed by atoms with van der Waals surface area (Å²) >= 11 is 0. The number of nitrogens with one attached hydrogen (secondary N) is 1. The van der Waals surface area contributed by atoms with Gasteiger partial charge < -0.3 is 15.3 Å². The Balaban J connectivity index is 2.22. The highest BCUT2D eigenvalue weighted by atomic mass is 16.4. The lowest BCUT2D eigenvalue weighted by Gasteiger charge is -2.36. The van der Waals surface area contributed by atoms with E-state index >= 15 is 0 Å².